The quantitative estimate of drug-likeness (QED) is 0.152. The molecule has 0 aromatic rings. The molecule has 1 rings (SSSR count). The van der Waals surface area contributed by atoms with Crippen LogP contribution in [-0.4, -0.2) is 29.6 Å². The van der Waals surface area contributed by atoms with E-state index in [1.165, 1.54) is 20.0 Å². The summed E-state index contributed by atoms with van der Waals surface area (Å²) >= 11 is 1.97. The number of Topliss-reactive ketones (excluding diaryl/α,β-unsaturated/α-hetero) is 1. The van der Waals surface area contributed by atoms with Crippen molar-refractivity contribution in [1.29, 1.82) is 0 Å². The molecule has 1 N–H and O–H groups in total. The normalized spacial score (nSPS) is 21.9. The summed E-state index contributed by atoms with van der Waals surface area (Å²) in [5.74, 6) is -0.340. The van der Waals surface area contributed by atoms with E-state index in [2.05, 4.69) is 17.7 Å². The molecule has 144 valence electrons. The summed E-state index contributed by atoms with van der Waals surface area (Å²) in [6, 6.07) is 0. The number of ether oxygens (including phenoxy) is 1. The van der Waals surface area contributed by atoms with Crippen LogP contribution in [0.15, 0.2) is 45.6 Å². The topological polar surface area (TPSA) is 63.6 Å². The molecule has 0 aliphatic heterocycles. The second kappa shape index (κ2) is 12.2. The van der Waals surface area contributed by atoms with Gasteiger partial charge in [-0.1, -0.05) is 50.1 Å². The van der Waals surface area contributed by atoms with Gasteiger partial charge in [0.05, 0.1) is 10.7 Å². The molecule has 0 spiro atoms. The fraction of sp³-hybridized carbons (Fsp3) is 0.524. The third-order valence-electron chi connectivity index (χ3n) is 4.24. The maximum absolute atomic E-state index is 12.3. The highest BCUT2D eigenvalue weighted by Gasteiger charge is 2.39. The number of esters is 1. The van der Waals surface area contributed by atoms with E-state index in [9.17, 15) is 14.7 Å². The van der Waals surface area contributed by atoms with Crippen molar-refractivity contribution in [2.24, 2.45) is 0 Å². The molecule has 1 aliphatic rings. The number of methoxy groups -OCH3 is 1. The Hall–Kier alpha value is -1.21. The average molecular weight is 472 g/mol. The zero-order valence-electron chi connectivity index (χ0n) is 15.7. The number of halogens is 1. The number of rotatable bonds is 11. The SMILES string of the molecule is CCCCCC=CCC1(O)C=C(I)C(=O)C1=CC=CCCCC(=O)OC. The minimum atomic E-state index is -1.23. The number of hydrogen-bond donors (Lipinski definition) is 1. The summed E-state index contributed by atoms with van der Waals surface area (Å²) in [4.78, 5) is 23.4. The first-order valence-corrected chi connectivity index (χ1v) is 10.3. The Kier molecular flexibility index (Phi) is 10.7. The van der Waals surface area contributed by atoms with Crippen molar-refractivity contribution < 1.29 is 19.4 Å². The van der Waals surface area contributed by atoms with Gasteiger partial charge in [-0.2, -0.15) is 0 Å². The molecule has 0 heterocycles. The van der Waals surface area contributed by atoms with E-state index < -0.39 is 5.60 Å². The van der Waals surface area contributed by atoms with E-state index in [-0.39, 0.29) is 11.8 Å². The van der Waals surface area contributed by atoms with Gasteiger partial charge in [-0.15, -0.1) is 0 Å². The Morgan fingerprint density at radius 3 is 2.65 bits per heavy atom. The molecule has 0 amide bonds. The van der Waals surface area contributed by atoms with Gasteiger partial charge in [-0.3, -0.25) is 9.59 Å². The van der Waals surface area contributed by atoms with Gasteiger partial charge >= 0.3 is 5.97 Å². The van der Waals surface area contributed by atoms with E-state index in [0.717, 1.165) is 12.8 Å². The molecule has 1 atom stereocenters. The summed E-state index contributed by atoms with van der Waals surface area (Å²) in [6.45, 7) is 2.17. The summed E-state index contributed by atoms with van der Waals surface area (Å²) in [6.07, 6.45) is 17.8. The highest BCUT2D eigenvalue weighted by Crippen LogP contribution is 2.36. The van der Waals surface area contributed by atoms with Crippen molar-refractivity contribution in [1.82, 2.24) is 0 Å². The van der Waals surface area contributed by atoms with Crippen molar-refractivity contribution in [2.75, 3.05) is 7.11 Å². The second-order valence-electron chi connectivity index (χ2n) is 6.39. The molecule has 0 radical (unpaired) electrons. The molecule has 0 aromatic heterocycles. The van der Waals surface area contributed by atoms with Crippen LogP contribution in [-0.2, 0) is 14.3 Å². The lowest BCUT2D eigenvalue weighted by molar-refractivity contribution is -0.140. The van der Waals surface area contributed by atoms with Gasteiger partial charge in [-0.05, 0) is 54.4 Å². The third kappa shape index (κ3) is 7.58. The van der Waals surface area contributed by atoms with Crippen molar-refractivity contribution in [3.8, 4) is 0 Å². The fourth-order valence-corrected chi connectivity index (χ4v) is 3.49. The lowest BCUT2D eigenvalue weighted by atomic mass is 9.92. The van der Waals surface area contributed by atoms with Crippen LogP contribution in [0.5, 0.6) is 0 Å². The summed E-state index contributed by atoms with van der Waals surface area (Å²) in [7, 11) is 1.38. The number of aliphatic hydroxyl groups is 1. The number of hydrogen-bond acceptors (Lipinski definition) is 4. The van der Waals surface area contributed by atoms with Crippen LogP contribution in [0.1, 0.15) is 58.3 Å². The van der Waals surface area contributed by atoms with E-state index in [1.54, 1.807) is 18.2 Å². The second-order valence-corrected chi connectivity index (χ2v) is 7.56. The van der Waals surface area contributed by atoms with Gasteiger partial charge in [-0.25, -0.2) is 0 Å². The standard InChI is InChI=1S/C21H29IO4/c1-3-4-5-6-9-12-15-21(25)16-18(22)20(24)17(21)13-10-7-8-11-14-19(23)26-2/h7,9-10,12-13,16,25H,3-6,8,11,14-15H2,1-2H3. The number of unbranched alkanes of at least 4 members (excludes halogenated alkanes) is 4. The Morgan fingerprint density at radius 2 is 1.96 bits per heavy atom. The van der Waals surface area contributed by atoms with Crippen LogP contribution in [0.3, 0.4) is 0 Å². The minimum absolute atomic E-state index is 0.119. The highest BCUT2D eigenvalue weighted by atomic mass is 127. The number of carbonyl (C=O) groups is 2. The number of allylic oxidation sites excluding steroid dienone is 5. The summed E-state index contributed by atoms with van der Waals surface area (Å²) in [5.41, 5.74) is -0.824. The third-order valence-corrected chi connectivity index (χ3v) is 5.04. The molecule has 4 nitrogen and oxygen atoms in total. The zero-order valence-corrected chi connectivity index (χ0v) is 17.8. The van der Waals surface area contributed by atoms with Crippen molar-refractivity contribution in [2.45, 2.75) is 63.9 Å². The molecular weight excluding hydrogens is 443 g/mol. The largest absolute Gasteiger partial charge is 0.469 e. The molecule has 1 unspecified atom stereocenters. The fourth-order valence-electron chi connectivity index (χ4n) is 2.69. The van der Waals surface area contributed by atoms with Crippen LogP contribution in [0.2, 0.25) is 0 Å². The van der Waals surface area contributed by atoms with Gasteiger partial charge in [0.15, 0.2) is 5.78 Å². The molecule has 0 saturated heterocycles. The van der Waals surface area contributed by atoms with Crippen molar-refractivity contribution in [3.63, 3.8) is 0 Å². The van der Waals surface area contributed by atoms with Gasteiger partial charge in [0.2, 0.25) is 0 Å². The first-order chi connectivity index (χ1) is 12.4. The molecular formula is C21H29IO4. The Bertz CT molecular complexity index is 601. The van der Waals surface area contributed by atoms with Crippen LogP contribution in [0, 0.1) is 0 Å². The molecule has 0 aromatic carbocycles. The van der Waals surface area contributed by atoms with Gasteiger partial charge in [0.1, 0.15) is 5.60 Å². The molecule has 0 bridgehead atoms. The number of carbonyl (C=O) groups excluding carboxylic acids is 2. The molecule has 0 fully saturated rings. The van der Waals surface area contributed by atoms with Gasteiger partial charge in [0.25, 0.3) is 0 Å². The first kappa shape index (κ1) is 22.8. The monoisotopic (exact) mass is 472 g/mol. The summed E-state index contributed by atoms with van der Waals surface area (Å²) < 4.78 is 5.14. The van der Waals surface area contributed by atoms with Crippen molar-refractivity contribution >= 4 is 34.3 Å². The first-order valence-electron chi connectivity index (χ1n) is 9.19. The Morgan fingerprint density at radius 1 is 1.23 bits per heavy atom. The predicted octanol–water partition coefficient (Wildman–Crippen LogP) is 4.97. The smallest absolute Gasteiger partial charge is 0.305 e. The van der Waals surface area contributed by atoms with E-state index in [1.807, 2.05) is 34.7 Å². The van der Waals surface area contributed by atoms with Gasteiger partial charge < -0.3 is 9.84 Å². The van der Waals surface area contributed by atoms with Crippen LogP contribution >= 0.6 is 22.6 Å². The highest BCUT2D eigenvalue weighted by molar-refractivity contribution is 14.1. The van der Waals surface area contributed by atoms with Crippen LogP contribution < -0.4 is 0 Å². The van der Waals surface area contributed by atoms with Crippen molar-refractivity contribution in [3.05, 3.63) is 45.6 Å². The van der Waals surface area contributed by atoms with E-state index >= 15 is 0 Å². The maximum atomic E-state index is 12.3. The lowest BCUT2D eigenvalue weighted by Crippen LogP contribution is -2.27. The van der Waals surface area contributed by atoms with E-state index in [0.29, 0.717) is 34.8 Å². The Labute approximate surface area is 170 Å². The minimum Gasteiger partial charge on any atom is -0.469 e. The predicted molar refractivity (Wildman–Crippen MR) is 113 cm³/mol. The zero-order chi connectivity index (χ0) is 19.4. The van der Waals surface area contributed by atoms with E-state index in [4.69, 9.17) is 0 Å². The maximum Gasteiger partial charge on any atom is 0.305 e. The summed E-state index contributed by atoms with van der Waals surface area (Å²) in [5, 5.41) is 10.9. The average Bonchev–Trinajstić information content (AvgIpc) is 2.83. The molecule has 26 heavy (non-hydrogen) atoms. The lowest BCUT2D eigenvalue weighted by Gasteiger charge is -2.20. The van der Waals surface area contributed by atoms with Crippen LogP contribution in [0.4, 0.5) is 0 Å². The molecule has 0 saturated carbocycles. The van der Waals surface area contributed by atoms with Gasteiger partial charge in [0, 0.05) is 18.4 Å². The molecule has 5 heteroatoms. The molecule has 1 aliphatic carbocycles. The van der Waals surface area contributed by atoms with Crippen LogP contribution in [0.25, 0.3) is 0 Å². The number of ketones is 1. The Balaban J connectivity index is 2.62.